The molecule has 1 aromatic carbocycles. The maximum atomic E-state index is 12.3. The Kier molecular flexibility index (Phi) is 4.12. The van der Waals surface area contributed by atoms with Gasteiger partial charge in [0.15, 0.2) is 0 Å². The first-order valence-electron chi connectivity index (χ1n) is 6.61. The number of aromatic hydroxyl groups is 1. The van der Waals surface area contributed by atoms with E-state index in [4.69, 9.17) is 10.9 Å². The Morgan fingerprint density at radius 3 is 2.90 bits per heavy atom. The molecule has 6 heteroatoms. The summed E-state index contributed by atoms with van der Waals surface area (Å²) >= 11 is 0. The van der Waals surface area contributed by atoms with Crippen LogP contribution in [-0.2, 0) is 0 Å². The highest BCUT2D eigenvalue weighted by molar-refractivity contribution is 5.97. The summed E-state index contributed by atoms with van der Waals surface area (Å²) in [7, 11) is 0. The Bertz CT molecular complexity index is 542. The zero-order chi connectivity index (χ0) is 14.7. The lowest BCUT2D eigenvalue weighted by molar-refractivity contribution is 0.0932. The van der Waals surface area contributed by atoms with E-state index in [1.807, 2.05) is 0 Å². The van der Waals surface area contributed by atoms with Crippen LogP contribution in [0.5, 0.6) is 5.75 Å². The van der Waals surface area contributed by atoms with Crippen LogP contribution in [0, 0.1) is 12.8 Å². The van der Waals surface area contributed by atoms with Crippen LogP contribution in [0.2, 0.25) is 0 Å². The Labute approximate surface area is 117 Å². The normalized spacial score (nSPS) is 22.8. The highest BCUT2D eigenvalue weighted by Gasteiger charge is 2.32. The molecule has 0 bridgehead atoms. The average molecular weight is 277 g/mol. The van der Waals surface area contributed by atoms with E-state index in [0.717, 1.165) is 19.3 Å². The van der Waals surface area contributed by atoms with Crippen LogP contribution in [0.4, 0.5) is 0 Å². The molecule has 1 amide bonds. The standard InChI is InChI=1S/C14H19N3O3/c1-8-9(4-3-7-12(8)18)14(19)16-11-6-2-5-10(11)13(15)17-20/h3-4,7,10-11,18,20H,2,5-6H2,1H3,(H2,15,17)(H,16,19). The molecule has 108 valence electrons. The minimum atomic E-state index is -0.249. The highest BCUT2D eigenvalue weighted by Crippen LogP contribution is 2.27. The van der Waals surface area contributed by atoms with Crippen molar-refractivity contribution in [1.82, 2.24) is 5.32 Å². The molecule has 0 heterocycles. The van der Waals surface area contributed by atoms with Crippen LogP contribution in [0.3, 0.4) is 0 Å². The van der Waals surface area contributed by atoms with Gasteiger partial charge in [-0.2, -0.15) is 0 Å². The number of hydrogen-bond acceptors (Lipinski definition) is 4. The topological polar surface area (TPSA) is 108 Å². The summed E-state index contributed by atoms with van der Waals surface area (Å²) in [6.45, 7) is 1.69. The summed E-state index contributed by atoms with van der Waals surface area (Å²) < 4.78 is 0. The highest BCUT2D eigenvalue weighted by atomic mass is 16.4. The van der Waals surface area contributed by atoms with Gasteiger partial charge in [-0.25, -0.2) is 0 Å². The molecular formula is C14H19N3O3. The predicted octanol–water partition coefficient (Wildman–Crippen LogP) is 1.35. The first-order chi connectivity index (χ1) is 9.54. The van der Waals surface area contributed by atoms with Crippen LogP contribution in [0.1, 0.15) is 35.2 Å². The van der Waals surface area contributed by atoms with E-state index >= 15 is 0 Å². The number of amidine groups is 1. The molecule has 1 aliphatic carbocycles. The number of nitrogens with one attached hydrogen (secondary N) is 1. The molecule has 0 aromatic heterocycles. The minimum Gasteiger partial charge on any atom is -0.508 e. The van der Waals surface area contributed by atoms with Gasteiger partial charge in [0.2, 0.25) is 0 Å². The van der Waals surface area contributed by atoms with E-state index in [-0.39, 0.29) is 29.5 Å². The number of hydrogen-bond donors (Lipinski definition) is 4. The first-order valence-corrected chi connectivity index (χ1v) is 6.61. The maximum absolute atomic E-state index is 12.3. The van der Waals surface area contributed by atoms with Crippen molar-refractivity contribution in [3.63, 3.8) is 0 Å². The largest absolute Gasteiger partial charge is 0.508 e. The molecule has 2 unspecified atom stereocenters. The van der Waals surface area contributed by atoms with E-state index in [1.165, 1.54) is 0 Å². The SMILES string of the molecule is Cc1c(O)cccc1C(=O)NC1CCCC1/C(N)=N/O. The van der Waals surface area contributed by atoms with E-state index in [2.05, 4.69) is 10.5 Å². The fraction of sp³-hybridized carbons (Fsp3) is 0.429. The van der Waals surface area contributed by atoms with Gasteiger partial charge in [0.1, 0.15) is 11.6 Å². The van der Waals surface area contributed by atoms with Gasteiger partial charge in [-0.05, 0) is 31.9 Å². The van der Waals surface area contributed by atoms with Gasteiger partial charge in [0, 0.05) is 23.1 Å². The van der Waals surface area contributed by atoms with Crippen LogP contribution >= 0.6 is 0 Å². The van der Waals surface area contributed by atoms with Crippen molar-refractivity contribution >= 4 is 11.7 Å². The second kappa shape index (κ2) is 5.81. The van der Waals surface area contributed by atoms with Crippen molar-refractivity contribution in [2.45, 2.75) is 32.2 Å². The molecule has 0 aliphatic heterocycles. The molecule has 0 radical (unpaired) electrons. The fourth-order valence-corrected chi connectivity index (χ4v) is 2.68. The molecule has 1 aromatic rings. The van der Waals surface area contributed by atoms with E-state index in [1.54, 1.807) is 25.1 Å². The second-order valence-corrected chi connectivity index (χ2v) is 5.09. The summed E-state index contributed by atoms with van der Waals surface area (Å²) in [6.07, 6.45) is 2.51. The number of phenols is 1. The summed E-state index contributed by atoms with van der Waals surface area (Å²) in [4.78, 5) is 12.3. The van der Waals surface area contributed by atoms with Crippen molar-refractivity contribution in [3.8, 4) is 5.75 Å². The van der Waals surface area contributed by atoms with Crippen molar-refractivity contribution < 1.29 is 15.1 Å². The lowest BCUT2D eigenvalue weighted by Gasteiger charge is -2.20. The third-order valence-corrected chi connectivity index (χ3v) is 3.88. The molecule has 20 heavy (non-hydrogen) atoms. The van der Waals surface area contributed by atoms with Gasteiger partial charge in [-0.15, -0.1) is 0 Å². The van der Waals surface area contributed by atoms with E-state index in [9.17, 15) is 9.90 Å². The molecule has 1 saturated carbocycles. The molecule has 0 saturated heterocycles. The third kappa shape index (κ3) is 2.68. The lowest BCUT2D eigenvalue weighted by Crippen LogP contribution is -2.42. The number of nitrogens with zero attached hydrogens (tertiary/aromatic N) is 1. The van der Waals surface area contributed by atoms with Gasteiger partial charge < -0.3 is 21.4 Å². The molecule has 2 atom stereocenters. The summed E-state index contributed by atoms with van der Waals surface area (Å²) in [6, 6.07) is 4.70. The third-order valence-electron chi connectivity index (χ3n) is 3.88. The van der Waals surface area contributed by atoms with Gasteiger partial charge in [0.25, 0.3) is 5.91 Å². The van der Waals surface area contributed by atoms with E-state index in [0.29, 0.717) is 11.1 Å². The molecule has 0 spiro atoms. The van der Waals surface area contributed by atoms with Crippen LogP contribution in [-0.4, -0.2) is 28.1 Å². The van der Waals surface area contributed by atoms with Gasteiger partial charge in [0.05, 0.1) is 0 Å². The summed E-state index contributed by atoms with van der Waals surface area (Å²) in [5.74, 6) is -0.139. The maximum Gasteiger partial charge on any atom is 0.251 e. The number of oxime groups is 1. The second-order valence-electron chi connectivity index (χ2n) is 5.09. The Hall–Kier alpha value is -2.24. The molecule has 5 N–H and O–H groups in total. The van der Waals surface area contributed by atoms with Gasteiger partial charge in [-0.3, -0.25) is 4.79 Å². The molecule has 1 aliphatic rings. The number of carbonyl (C=O) groups excluding carboxylic acids is 1. The van der Waals surface area contributed by atoms with Crippen LogP contribution < -0.4 is 11.1 Å². The number of carbonyl (C=O) groups is 1. The first kappa shape index (κ1) is 14.2. The van der Waals surface area contributed by atoms with Crippen LogP contribution in [0.15, 0.2) is 23.4 Å². The van der Waals surface area contributed by atoms with Crippen LogP contribution in [0.25, 0.3) is 0 Å². The zero-order valence-electron chi connectivity index (χ0n) is 11.3. The smallest absolute Gasteiger partial charge is 0.251 e. The van der Waals surface area contributed by atoms with Gasteiger partial charge in [-0.1, -0.05) is 17.6 Å². The number of amides is 1. The summed E-state index contributed by atoms with van der Waals surface area (Å²) in [5, 5.41) is 24.3. The van der Waals surface area contributed by atoms with Crippen molar-refractivity contribution in [3.05, 3.63) is 29.3 Å². The number of nitrogens with two attached hydrogens (primary N) is 1. The molecule has 1 fully saturated rings. The molecule has 2 rings (SSSR count). The summed E-state index contributed by atoms with van der Waals surface area (Å²) in [5.41, 5.74) is 6.63. The van der Waals surface area contributed by atoms with E-state index < -0.39 is 0 Å². The minimum absolute atomic E-state index is 0.0945. The predicted molar refractivity (Wildman–Crippen MR) is 74.8 cm³/mol. The molecule has 6 nitrogen and oxygen atoms in total. The molecular weight excluding hydrogens is 258 g/mol. The zero-order valence-corrected chi connectivity index (χ0v) is 11.3. The van der Waals surface area contributed by atoms with Gasteiger partial charge >= 0.3 is 0 Å². The monoisotopic (exact) mass is 277 g/mol. The van der Waals surface area contributed by atoms with Crippen molar-refractivity contribution in [2.75, 3.05) is 0 Å². The Balaban J connectivity index is 2.13. The Morgan fingerprint density at radius 1 is 1.45 bits per heavy atom. The van der Waals surface area contributed by atoms with Crippen molar-refractivity contribution in [1.29, 1.82) is 0 Å². The fourth-order valence-electron chi connectivity index (χ4n) is 2.68. The Morgan fingerprint density at radius 2 is 2.20 bits per heavy atom. The quantitative estimate of drug-likeness (QED) is 0.289. The lowest BCUT2D eigenvalue weighted by atomic mass is 10.0. The number of benzene rings is 1. The average Bonchev–Trinajstić information content (AvgIpc) is 2.89. The van der Waals surface area contributed by atoms with Crippen molar-refractivity contribution in [2.24, 2.45) is 16.8 Å². The number of rotatable bonds is 3. The number of phenolic OH excluding ortho intramolecular Hbond substituents is 1.